The summed E-state index contributed by atoms with van der Waals surface area (Å²) in [5.74, 6) is -3.62. The average molecular weight is 694 g/mol. The Morgan fingerprint density at radius 1 is 0.804 bits per heavy atom. The monoisotopic (exact) mass is 693 g/mol. The topological polar surface area (TPSA) is 216 Å². The molecule has 2 atom stereocenters. The molecule has 6 aromatic rings. The van der Waals surface area contributed by atoms with Crippen molar-refractivity contribution in [3.05, 3.63) is 93.3 Å². The number of amides is 2. The van der Waals surface area contributed by atoms with E-state index in [0.29, 0.717) is 0 Å². The van der Waals surface area contributed by atoms with Gasteiger partial charge in [-0.3, -0.25) is 33.6 Å². The van der Waals surface area contributed by atoms with Gasteiger partial charge in [0.05, 0.1) is 42.3 Å². The number of nitrogens with zero attached hydrogens (tertiary/aromatic N) is 2. The molecule has 0 radical (unpaired) electrons. The fourth-order valence-corrected chi connectivity index (χ4v) is 7.12. The van der Waals surface area contributed by atoms with Crippen molar-refractivity contribution in [2.45, 2.75) is 32.5 Å². The van der Waals surface area contributed by atoms with Crippen molar-refractivity contribution in [3.63, 3.8) is 0 Å². The molecule has 15 heteroatoms. The molecule has 1 aromatic heterocycles. The van der Waals surface area contributed by atoms with E-state index in [9.17, 15) is 48.6 Å². The van der Waals surface area contributed by atoms with Crippen molar-refractivity contribution in [2.75, 3.05) is 20.8 Å². The van der Waals surface area contributed by atoms with Gasteiger partial charge in [-0.15, -0.1) is 0 Å². The Morgan fingerprint density at radius 2 is 1.47 bits per heavy atom. The quantitative estimate of drug-likeness (QED) is 0.0999. The Labute approximate surface area is 284 Å². The molecule has 0 saturated carbocycles. The second-order valence-electron chi connectivity index (χ2n) is 12.3. The second kappa shape index (κ2) is 11.5. The first-order valence-electron chi connectivity index (χ1n) is 15.6. The Kier molecular flexibility index (Phi) is 7.40. The molecule has 0 unspecified atom stereocenters. The van der Waals surface area contributed by atoms with Crippen LogP contribution in [0.2, 0.25) is 0 Å². The highest BCUT2D eigenvalue weighted by Crippen LogP contribution is 2.46. The fraction of sp³-hybridized carbons (Fsp3) is 0.222. The number of carbonyl (C=O) groups excluding carboxylic acids is 3. The minimum atomic E-state index is -1.15. The van der Waals surface area contributed by atoms with Gasteiger partial charge >= 0.3 is 5.97 Å². The molecule has 0 bridgehead atoms. The normalized spacial score (nSPS) is 16.3. The maximum atomic E-state index is 14.4. The zero-order valence-electron chi connectivity index (χ0n) is 27.4. The lowest BCUT2D eigenvalue weighted by Crippen LogP contribution is -2.63. The molecule has 0 aliphatic carbocycles. The third kappa shape index (κ3) is 4.50. The van der Waals surface area contributed by atoms with Gasteiger partial charge < -0.3 is 34.5 Å². The number of pyridine rings is 1. The number of carbonyl (C=O) groups is 3. The number of esters is 1. The molecule has 51 heavy (non-hydrogen) atoms. The highest BCUT2D eigenvalue weighted by Gasteiger charge is 2.38. The van der Waals surface area contributed by atoms with Crippen molar-refractivity contribution in [3.8, 4) is 17.2 Å². The van der Waals surface area contributed by atoms with Crippen LogP contribution in [0.4, 0.5) is 0 Å². The second-order valence-corrected chi connectivity index (χ2v) is 12.3. The fourth-order valence-electron chi connectivity index (χ4n) is 7.12. The SMILES string of the molecule is COC(=O)[C@@H]1CN(C(=O)Cn2c(C)cc3c(=O)c4ccc5c(OC)c6c(O)c7c(=O)cccc7c(O)c6c(=O)c5c4c(=O)c3c2=O)[C@@H](C)C(=O)N1. The van der Waals surface area contributed by atoms with E-state index in [0.717, 1.165) is 16.6 Å². The van der Waals surface area contributed by atoms with Crippen LogP contribution in [-0.4, -0.2) is 70.3 Å². The minimum absolute atomic E-state index is 0.0454. The van der Waals surface area contributed by atoms with Gasteiger partial charge in [-0.25, -0.2) is 4.79 Å². The van der Waals surface area contributed by atoms with Gasteiger partial charge in [0, 0.05) is 38.0 Å². The van der Waals surface area contributed by atoms with E-state index in [1.54, 1.807) is 0 Å². The summed E-state index contributed by atoms with van der Waals surface area (Å²) in [6.07, 6.45) is 0. The van der Waals surface area contributed by atoms with Crippen molar-refractivity contribution < 1.29 is 34.1 Å². The Bertz CT molecular complexity index is 2890. The summed E-state index contributed by atoms with van der Waals surface area (Å²) in [5, 5.41) is 21.9. The number of phenolic OH excluding ortho intramolecular Hbond substituents is 2. The lowest BCUT2D eigenvalue weighted by Gasteiger charge is -2.36. The van der Waals surface area contributed by atoms with Crippen LogP contribution < -0.4 is 37.3 Å². The molecule has 0 spiro atoms. The molecule has 1 aliphatic rings. The summed E-state index contributed by atoms with van der Waals surface area (Å²) in [7, 11) is 2.34. The number of phenols is 2. The summed E-state index contributed by atoms with van der Waals surface area (Å²) in [6.45, 7) is 1.97. The lowest BCUT2D eigenvalue weighted by molar-refractivity contribution is -0.153. The van der Waals surface area contributed by atoms with Gasteiger partial charge in [-0.2, -0.15) is 0 Å². The van der Waals surface area contributed by atoms with Gasteiger partial charge in [-0.05, 0) is 38.1 Å². The van der Waals surface area contributed by atoms with Crippen LogP contribution >= 0.6 is 0 Å². The first kappa shape index (κ1) is 32.9. The van der Waals surface area contributed by atoms with Gasteiger partial charge in [0.2, 0.25) is 17.2 Å². The van der Waals surface area contributed by atoms with Crippen LogP contribution in [-0.2, 0) is 25.7 Å². The van der Waals surface area contributed by atoms with E-state index < -0.39 is 91.3 Å². The number of methoxy groups -OCH3 is 2. The highest BCUT2D eigenvalue weighted by molar-refractivity contribution is 6.22. The first-order chi connectivity index (χ1) is 24.2. The molecule has 2 heterocycles. The summed E-state index contributed by atoms with van der Waals surface area (Å²) in [5.41, 5.74) is -4.27. The summed E-state index contributed by atoms with van der Waals surface area (Å²) < 4.78 is 11.2. The highest BCUT2D eigenvalue weighted by atomic mass is 16.5. The number of rotatable bonds is 4. The number of nitrogens with one attached hydrogen (secondary N) is 1. The first-order valence-corrected chi connectivity index (χ1v) is 15.6. The minimum Gasteiger partial charge on any atom is -0.506 e. The number of hydrogen-bond donors (Lipinski definition) is 3. The van der Waals surface area contributed by atoms with Crippen LogP contribution in [0.25, 0.3) is 53.9 Å². The maximum Gasteiger partial charge on any atom is 0.330 e. The molecule has 1 saturated heterocycles. The van der Waals surface area contributed by atoms with Gasteiger partial charge in [-0.1, -0.05) is 12.1 Å². The van der Waals surface area contributed by atoms with E-state index >= 15 is 0 Å². The number of aromatic nitrogens is 1. The van der Waals surface area contributed by atoms with E-state index in [1.165, 1.54) is 57.4 Å². The molecule has 258 valence electrons. The summed E-state index contributed by atoms with van der Waals surface area (Å²) >= 11 is 0. The Balaban J connectivity index is 1.52. The predicted octanol–water partition coefficient (Wildman–Crippen LogP) is 0.547. The summed E-state index contributed by atoms with van der Waals surface area (Å²) in [6, 6.07) is 5.54. The third-order valence-electron chi connectivity index (χ3n) is 9.67. The smallest absolute Gasteiger partial charge is 0.330 e. The molecule has 5 aromatic carbocycles. The molecule has 7 rings (SSSR count). The number of fused-ring (bicyclic) bond motifs is 6. The Hall–Kier alpha value is -6.64. The molecule has 2 amide bonds. The van der Waals surface area contributed by atoms with Gasteiger partial charge in [0.15, 0.2) is 16.3 Å². The van der Waals surface area contributed by atoms with E-state index in [2.05, 4.69) is 5.32 Å². The number of ether oxygens (including phenoxy) is 2. The lowest BCUT2D eigenvalue weighted by atomic mass is 9.92. The van der Waals surface area contributed by atoms with Crippen LogP contribution in [0.3, 0.4) is 0 Å². The van der Waals surface area contributed by atoms with E-state index in [4.69, 9.17) is 9.47 Å². The average Bonchev–Trinajstić information content (AvgIpc) is 3.11. The van der Waals surface area contributed by atoms with Crippen LogP contribution in [0.5, 0.6) is 17.2 Å². The summed E-state index contributed by atoms with van der Waals surface area (Å²) in [4.78, 5) is 109. The number of hydrogen-bond acceptors (Lipinski definition) is 12. The molecular formula is C36H27N3O12. The predicted molar refractivity (Wildman–Crippen MR) is 185 cm³/mol. The maximum absolute atomic E-state index is 14.4. The Morgan fingerprint density at radius 3 is 2.16 bits per heavy atom. The number of benzene rings is 5. The largest absolute Gasteiger partial charge is 0.506 e. The molecular weight excluding hydrogens is 666 g/mol. The van der Waals surface area contributed by atoms with E-state index in [1.807, 2.05) is 0 Å². The van der Waals surface area contributed by atoms with Crippen molar-refractivity contribution in [1.82, 2.24) is 14.8 Å². The van der Waals surface area contributed by atoms with Gasteiger partial charge in [0.25, 0.3) is 5.56 Å². The van der Waals surface area contributed by atoms with Crippen molar-refractivity contribution in [1.29, 1.82) is 0 Å². The standard InChI is InChI=1S/C36H27N3O12/c1-13-10-18-25(35(48)38(13)12-21(41)39-11-19(36(49)51-4)37-34(47)14(39)2)31(45)23-16(28(18)42)8-9-17-24(23)32(46)26-27(33(17)50-3)30(44)22-15(29(26)43)6-5-7-20(22)40/h5-10,14,19,43-44H,11-12H2,1-4H3,(H,37,47)/t14-,19-/m0/s1. The number of aromatic hydroxyl groups is 2. The molecule has 1 fully saturated rings. The van der Waals surface area contributed by atoms with Crippen LogP contribution in [0.15, 0.2) is 60.4 Å². The van der Waals surface area contributed by atoms with Gasteiger partial charge in [0.1, 0.15) is 35.9 Å². The zero-order valence-corrected chi connectivity index (χ0v) is 27.4. The van der Waals surface area contributed by atoms with Crippen molar-refractivity contribution >= 4 is 71.6 Å². The van der Waals surface area contributed by atoms with E-state index in [-0.39, 0.29) is 55.7 Å². The van der Waals surface area contributed by atoms with Crippen LogP contribution in [0.1, 0.15) is 12.6 Å². The molecule has 1 aliphatic heterocycles. The number of piperazine rings is 1. The molecule has 15 nitrogen and oxygen atoms in total. The molecule has 3 N–H and O–H groups in total. The third-order valence-corrected chi connectivity index (χ3v) is 9.67. The van der Waals surface area contributed by atoms with Crippen LogP contribution in [0, 0.1) is 6.92 Å². The van der Waals surface area contributed by atoms with Crippen molar-refractivity contribution in [2.24, 2.45) is 0 Å². The number of aryl methyl sites for hydroxylation is 1. The zero-order chi connectivity index (χ0) is 36.8.